The number of rotatable bonds is 1. The molecule has 0 amide bonds. The van der Waals surface area contributed by atoms with Crippen LogP contribution >= 0.6 is 0 Å². The van der Waals surface area contributed by atoms with E-state index in [9.17, 15) is 0 Å². The standard InChI is InChI=1S/C13H18N2O2/c14-10-1-2-13-11(9-10)12(3-6-17-13)15-4-7-16-8-5-15/h1-2,9,12H,3-8,14H2. The van der Waals surface area contributed by atoms with Crippen LogP contribution in [0.1, 0.15) is 18.0 Å². The Hall–Kier alpha value is -1.26. The largest absolute Gasteiger partial charge is 0.493 e. The molecule has 1 aromatic rings. The van der Waals surface area contributed by atoms with Crippen LogP contribution in [0, 0.1) is 0 Å². The Morgan fingerprint density at radius 2 is 2.00 bits per heavy atom. The van der Waals surface area contributed by atoms with E-state index in [2.05, 4.69) is 11.0 Å². The molecule has 1 aromatic carbocycles. The molecule has 0 saturated carbocycles. The molecular formula is C13H18N2O2. The zero-order chi connectivity index (χ0) is 11.7. The third-order valence-corrected chi connectivity index (χ3v) is 3.53. The van der Waals surface area contributed by atoms with Gasteiger partial charge in [-0.3, -0.25) is 4.90 Å². The SMILES string of the molecule is Nc1ccc2c(c1)C(N1CCOCC1)CCO2. The summed E-state index contributed by atoms with van der Waals surface area (Å²) >= 11 is 0. The molecular weight excluding hydrogens is 216 g/mol. The number of morpholine rings is 1. The number of benzene rings is 1. The highest BCUT2D eigenvalue weighted by molar-refractivity contribution is 5.49. The van der Waals surface area contributed by atoms with Gasteiger partial charge in [0.15, 0.2) is 0 Å². The summed E-state index contributed by atoms with van der Waals surface area (Å²) in [4.78, 5) is 2.48. The molecule has 92 valence electrons. The van der Waals surface area contributed by atoms with E-state index in [1.54, 1.807) is 0 Å². The highest BCUT2D eigenvalue weighted by Crippen LogP contribution is 2.37. The van der Waals surface area contributed by atoms with Gasteiger partial charge < -0.3 is 15.2 Å². The second-order valence-electron chi connectivity index (χ2n) is 4.60. The van der Waals surface area contributed by atoms with Crippen LogP contribution < -0.4 is 10.5 Å². The third kappa shape index (κ3) is 2.10. The Labute approximate surface area is 101 Å². The van der Waals surface area contributed by atoms with Gasteiger partial charge in [0, 0.05) is 36.8 Å². The van der Waals surface area contributed by atoms with Crippen LogP contribution in [-0.2, 0) is 4.74 Å². The van der Waals surface area contributed by atoms with Gasteiger partial charge in [-0.25, -0.2) is 0 Å². The molecule has 2 aliphatic heterocycles. The molecule has 2 aliphatic rings. The lowest BCUT2D eigenvalue weighted by molar-refractivity contribution is 0.00710. The summed E-state index contributed by atoms with van der Waals surface area (Å²) in [6.07, 6.45) is 1.04. The first kappa shape index (κ1) is 10.9. The molecule has 0 bridgehead atoms. The highest BCUT2D eigenvalue weighted by Gasteiger charge is 2.28. The molecule has 0 aliphatic carbocycles. The zero-order valence-electron chi connectivity index (χ0n) is 9.89. The molecule has 1 fully saturated rings. The van der Waals surface area contributed by atoms with Gasteiger partial charge in [-0.2, -0.15) is 0 Å². The van der Waals surface area contributed by atoms with E-state index >= 15 is 0 Å². The van der Waals surface area contributed by atoms with Crippen molar-refractivity contribution in [3.63, 3.8) is 0 Å². The molecule has 0 radical (unpaired) electrons. The lowest BCUT2D eigenvalue weighted by Crippen LogP contribution is -2.40. The maximum atomic E-state index is 5.87. The summed E-state index contributed by atoms with van der Waals surface area (Å²) in [5, 5.41) is 0. The van der Waals surface area contributed by atoms with Gasteiger partial charge in [0.2, 0.25) is 0 Å². The Morgan fingerprint density at radius 1 is 1.18 bits per heavy atom. The highest BCUT2D eigenvalue weighted by atomic mass is 16.5. The minimum atomic E-state index is 0.436. The van der Waals surface area contributed by atoms with Crippen LogP contribution in [0.5, 0.6) is 5.75 Å². The number of nitrogens with two attached hydrogens (primary N) is 1. The van der Waals surface area contributed by atoms with Crippen molar-refractivity contribution in [2.24, 2.45) is 0 Å². The van der Waals surface area contributed by atoms with E-state index in [0.717, 1.165) is 50.8 Å². The lowest BCUT2D eigenvalue weighted by atomic mass is 9.98. The van der Waals surface area contributed by atoms with E-state index in [-0.39, 0.29) is 0 Å². The van der Waals surface area contributed by atoms with Crippen molar-refractivity contribution < 1.29 is 9.47 Å². The first-order chi connectivity index (χ1) is 8.34. The molecule has 2 heterocycles. The fraction of sp³-hybridized carbons (Fsp3) is 0.538. The second kappa shape index (κ2) is 4.55. The van der Waals surface area contributed by atoms with Crippen molar-refractivity contribution in [1.29, 1.82) is 0 Å². The molecule has 1 saturated heterocycles. The summed E-state index contributed by atoms with van der Waals surface area (Å²) in [7, 11) is 0. The molecule has 1 atom stereocenters. The van der Waals surface area contributed by atoms with Crippen molar-refractivity contribution in [2.75, 3.05) is 38.6 Å². The number of nitrogens with zero attached hydrogens (tertiary/aromatic N) is 1. The second-order valence-corrected chi connectivity index (χ2v) is 4.60. The van der Waals surface area contributed by atoms with Crippen LogP contribution in [0.15, 0.2) is 18.2 Å². The van der Waals surface area contributed by atoms with Crippen LogP contribution in [0.25, 0.3) is 0 Å². The van der Waals surface area contributed by atoms with Crippen LogP contribution in [0.3, 0.4) is 0 Å². The number of hydrogen-bond acceptors (Lipinski definition) is 4. The maximum Gasteiger partial charge on any atom is 0.124 e. The fourth-order valence-corrected chi connectivity index (χ4v) is 2.66. The summed E-state index contributed by atoms with van der Waals surface area (Å²) in [6.45, 7) is 4.45. The molecule has 1 unspecified atom stereocenters. The van der Waals surface area contributed by atoms with Crippen molar-refractivity contribution in [2.45, 2.75) is 12.5 Å². The van der Waals surface area contributed by atoms with E-state index in [1.807, 2.05) is 12.1 Å². The van der Waals surface area contributed by atoms with Crippen LogP contribution in [0.2, 0.25) is 0 Å². The molecule has 0 aromatic heterocycles. The average molecular weight is 234 g/mol. The van der Waals surface area contributed by atoms with E-state index in [0.29, 0.717) is 6.04 Å². The summed E-state index contributed by atoms with van der Waals surface area (Å²) in [6, 6.07) is 6.37. The first-order valence-corrected chi connectivity index (χ1v) is 6.18. The Bertz CT molecular complexity index is 402. The average Bonchev–Trinajstić information content (AvgIpc) is 2.39. The molecule has 4 heteroatoms. The number of ether oxygens (including phenoxy) is 2. The molecule has 2 N–H and O–H groups in total. The monoisotopic (exact) mass is 234 g/mol. The van der Waals surface area contributed by atoms with Gasteiger partial charge in [-0.15, -0.1) is 0 Å². The summed E-state index contributed by atoms with van der Waals surface area (Å²) < 4.78 is 11.1. The van der Waals surface area contributed by atoms with Crippen LogP contribution in [-0.4, -0.2) is 37.8 Å². The Balaban J connectivity index is 1.89. The van der Waals surface area contributed by atoms with Crippen molar-refractivity contribution >= 4 is 5.69 Å². The Morgan fingerprint density at radius 3 is 2.82 bits per heavy atom. The molecule has 17 heavy (non-hydrogen) atoms. The summed E-state index contributed by atoms with van der Waals surface area (Å²) in [5.41, 5.74) is 7.92. The predicted octanol–water partition coefficient (Wildman–Crippen LogP) is 1.42. The Kier molecular flexibility index (Phi) is 2.91. The number of fused-ring (bicyclic) bond motifs is 1. The molecule has 3 rings (SSSR count). The van der Waals surface area contributed by atoms with Gasteiger partial charge in [-0.05, 0) is 18.2 Å². The molecule has 0 spiro atoms. The maximum absolute atomic E-state index is 5.87. The van der Waals surface area contributed by atoms with E-state index < -0.39 is 0 Å². The minimum absolute atomic E-state index is 0.436. The summed E-state index contributed by atoms with van der Waals surface area (Å²) in [5.74, 6) is 0.988. The van der Waals surface area contributed by atoms with Gasteiger partial charge >= 0.3 is 0 Å². The topological polar surface area (TPSA) is 47.7 Å². The number of hydrogen-bond donors (Lipinski definition) is 1. The first-order valence-electron chi connectivity index (χ1n) is 6.18. The lowest BCUT2D eigenvalue weighted by Gasteiger charge is -2.37. The quantitative estimate of drug-likeness (QED) is 0.747. The predicted molar refractivity (Wildman–Crippen MR) is 66.1 cm³/mol. The minimum Gasteiger partial charge on any atom is -0.493 e. The van der Waals surface area contributed by atoms with Gasteiger partial charge in [0.1, 0.15) is 5.75 Å². The van der Waals surface area contributed by atoms with Crippen LogP contribution in [0.4, 0.5) is 5.69 Å². The number of anilines is 1. The van der Waals surface area contributed by atoms with Gasteiger partial charge in [0.25, 0.3) is 0 Å². The number of nitrogen functional groups attached to an aromatic ring is 1. The van der Waals surface area contributed by atoms with Gasteiger partial charge in [-0.1, -0.05) is 0 Å². The molecule has 4 nitrogen and oxygen atoms in total. The van der Waals surface area contributed by atoms with Crippen molar-refractivity contribution in [3.8, 4) is 5.75 Å². The smallest absolute Gasteiger partial charge is 0.124 e. The van der Waals surface area contributed by atoms with Gasteiger partial charge in [0.05, 0.1) is 19.8 Å². The third-order valence-electron chi connectivity index (χ3n) is 3.53. The fourth-order valence-electron chi connectivity index (χ4n) is 2.66. The normalized spacial score (nSPS) is 25.1. The van der Waals surface area contributed by atoms with Crippen molar-refractivity contribution in [3.05, 3.63) is 23.8 Å². The van der Waals surface area contributed by atoms with E-state index in [4.69, 9.17) is 15.2 Å². The van der Waals surface area contributed by atoms with E-state index in [1.165, 1.54) is 5.56 Å². The zero-order valence-corrected chi connectivity index (χ0v) is 9.89. The van der Waals surface area contributed by atoms with Crippen molar-refractivity contribution in [1.82, 2.24) is 4.90 Å².